The molecule has 22 heavy (non-hydrogen) atoms. The predicted molar refractivity (Wildman–Crippen MR) is 83.7 cm³/mol. The fourth-order valence-corrected chi connectivity index (χ4v) is 3.16. The van der Waals surface area contributed by atoms with Crippen molar-refractivity contribution in [3.05, 3.63) is 47.2 Å². The lowest BCUT2D eigenvalue weighted by Gasteiger charge is -2.11. The van der Waals surface area contributed by atoms with E-state index in [0.29, 0.717) is 24.8 Å². The summed E-state index contributed by atoms with van der Waals surface area (Å²) >= 11 is 0. The van der Waals surface area contributed by atoms with Gasteiger partial charge in [0.1, 0.15) is 0 Å². The molecule has 1 heterocycles. The first-order chi connectivity index (χ1) is 10.7. The van der Waals surface area contributed by atoms with Gasteiger partial charge >= 0.3 is 0 Å². The molecule has 1 aliphatic rings. The minimum atomic E-state index is 0.0765. The molecule has 1 amide bonds. The Bertz CT molecular complexity index is 678. The average Bonchev–Trinajstić information content (AvgIpc) is 3.09. The number of methoxy groups -OCH3 is 1. The summed E-state index contributed by atoms with van der Waals surface area (Å²) < 4.78 is 6.88. The molecule has 1 aromatic carbocycles. The number of nitrogens with zero attached hydrogens (tertiary/aromatic N) is 2. The summed E-state index contributed by atoms with van der Waals surface area (Å²) in [5.74, 6) is 0.980. The highest BCUT2D eigenvalue weighted by atomic mass is 16.5. The van der Waals surface area contributed by atoms with Crippen molar-refractivity contribution in [1.29, 1.82) is 0 Å². The number of aryl methyl sites for hydroxylation is 2. The van der Waals surface area contributed by atoms with E-state index >= 15 is 0 Å². The normalized spacial score (nSPS) is 16.4. The molecular weight excluding hydrogens is 278 g/mol. The van der Waals surface area contributed by atoms with Crippen LogP contribution >= 0.6 is 0 Å². The minimum absolute atomic E-state index is 0.0765. The summed E-state index contributed by atoms with van der Waals surface area (Å²) in [5, 5.41) is 7.16. The van der Waals surface area contributed by atoms with Crippen LogP contribution in [0.1, 0.15) is 35.4 Å². The average molecular weight is 299 g/mol. The number of aromatic nitrogens is 2. The monoisotopic (exact) mass is 299 g/mol. The Morgan fingerprint density at radius 1 is 1.45 bits per heavy atom. The van der Waals surface area contributed by atoms with Crippen molar-refractivity contribution >= 4 is 5.91 Å². The lowest BCUT2D eigenvalue weighted by molar-refractivity contribution is -0.121. The van der Waals surface area contributed by atoms with Crippen molar-refractivity contribution in [3.63, 3.8) is 0 Å². The van der Waals surface area contributed by atoms with Gasteiger partial charge in [-0.3, -0.25) is 9.48 Å². The van der Waals surface area contributed by atoms with E-state index in [2.05, 4.69) is 34.7 Å². The molecule has 0 bridgehead atoms. The first-order valence-electron chi connectivity index (χ1n) is 7.58. The van der Waals surface area contributed by atoms with Gasteiger partial charge in [0.25, 0.3) is 0 Å². The van der Waals surface area contributed by atoms with E-state index in [9.17, 15) is 4.79 Å². The van der Waals surface area contributed by atoms with Gasteiger partial charge in [-0.05, 0) is 29.9 Å². The first kappa shape index (κ1) is 14.6. The summed E-state index contributed by atoms with van der Waals surface area (Å²) in [6.07, 6.45) is 4.54. The van der Waals surface area contributed by atoms with E-state index in [-0.39, 0.29) is 5.91 Å². The molecule has 1 aromatic heterocycles. The Morgan fingerprint density at radius 3 is 3.09 bits per heavy atom. The number of hydrogen-bond acceptors (Lipinski definition) is 3. The second-order valence-electron chi connectivity index (χ2n) is 5.75. The number of fused-ring (bicyclic) bond motifs is 1. The molecule has 1 aliphatic carbocycles. The fraction of sp³-hybridized carbons (Fsp3) is 0.412. The van der Waals surface area contributed by atoms with Gasteiger partial charge in [-0.15, -0.1) is 5.10 Å². The standard InChI is InChI=1S/C17H21N3O2/c1-20-11-14(17(19-20)22-2)10-18-16(21)9-13-8-7-12-5-3-4-6-15(12)13/h3-6,11,13H,7-10H2,1-2H3,(H,18,21). The van der Waals surface area contributed by atoms with Crippen molar-refractivity contribution in [2.24, 2.45) is 7.05 Å². The number of benzene rings is 1. The van der Waals surface area contributed by atoms with Crippen LogP contribution < -0.4 is 10.1 Å². The minimum Gasteiger partial charge on any atom is -0.480 e. The second kappa shape index (κ2) is 6.22. The van der Waals surface area contributed by atoms with Gasteiger partial charge in [0.05, 0.1) is 12.7 Å². The number of hydrogen-bond donors (Lipinski definition) is 1. The first-order valence-corrected chi connectivity index (χ1v) is 7.58. The molecule has 0 radical (unpaired) electrons. The largest absolute Gasteiger partial charge is 0.480 e. The topological polar surface area (TPSA) is 56.1 Å². The quantitative estimate of drug-likeness (QED) is 0.920. The highest BCUT2D eigenvalue weighted by Gasteiger charge is 2.24. The molecular formula is C17H21N3O2. The van der Waals surface area contributed by atoms with Crippen molar-refractivity contribution in [3.8, 4) is 5.88 Å². The van der Waals surface area contributed by atoms with Gasteiger partial charge in [0.15, 0.2) is 0 Å². The molecule has 0 aliphatic heterocycles. The highest BCUT2D eigenvalue weighted by molar-refractivity contribution is 5.77. The number of ether oxygens (including phenoxy) is 1. The van der Waals surface area contributed by atoms with Crippen LogP contribution in [-0.4, -0.2) is 22.8 Å². The maximum Gasteiger partial charge on any atom is 0.237 e. The van der Waals surface area contributed by atoms with E-state index in [0.717, 1.165) is 18.4 Å². The van der Waals surface area contributed by atoms with Gasteiger partial charge in [-0.1, -0.05) is 24.3 Å². The summed E-state index contributed by atoms with van der Waals surface area (Å²) in [4.78, 5) is 12.2. The lowest BCUT2D eigenvalue weighted by Crippen LogP contribution is -2.24. The van der Waals surface area contributed by atoms with Crippen LogP contribution in [0.15, 0.2) is 30.5 Å². The predicted octanol–water partition coefficient (Wildman–Crippen LogP) is 2.17. The Hall–Kier alpha value is -2.30. The summed E-state index contributed by atoms with van der Waals surface area (Å²) in [6.45, 7) is 0.449. The van der Waals surface area contributed by atoms with Crippen LogP contribution in [0.5, 0.6) is 5.88 Å². The van der Waals surface area contributed by atoms with E-state index < -0.39 is 0 Å². The summed E-state index contributed by atoms with van der Waals surface area (Å²) in [7, 11) is 3.42. The van der Waals surface area contributed by atoms with E-state index in [4.69, 9.17) is 4.74 Å². The van der Waals surface area contributed by atoms with Crippen LogP contribution in [-0.2, 0) is 24.8 Å². The van der Waals surface area contributed by atoms with Gasteiger partial charge in [0, 0.05) is 26.2 Å². The van der Waals surface area contributed by atoms with Crippen molar-refractivity contribution in [2.75, 3.05) is 7.11 Å². The molecule has 116 valence electrons. The zero-order valence-corrected chi connectivity index (χ0v) is 13.0. The molecule has 0 saturated heterocycles. The molecule has 1 unspecified atom stereocenters. The number of rotatable bonds is 5. The van der Waals surface area contributed by atoms with Crippen LogP contribution in [0.25, 0.3) is 0 Å². The number of carbonyl (C=O) groups excluding carboxylic acids is 1. The van der Waals surface area contributed by atoms with Gasteiger partial charge in [0.2, 0.25) is 11.8 Å². The van der Waals surface area contributed by atoms with Crippen LogP contribution in [0.4, 0.5) is 0 Å². The third-order valence-corrected chi connectivity index (χ3v) is 4.22. The number of carbonyl (C=O) groups is 1. The number of nitrogens with one attached hydrogen (secondary N) is 1. The number of amides is 1. The Balaban J connectivity index is 1.57. The fourth-order valence-electron chi connectivity index (χ4n) is 3.16. The molecule has 2 aromatic rings. The molecule has 1 atom stereocenters. The molecule has 0 spiro atoms. The Morgan fingerprint density at radius 2 is 2.27 bits per heavy atom. The molecule has 1 N–H and O–H groups in total. The van der Waals surface area contributed by atoms with Gasteiger partial charge < -0.3 is 10.1 Å². The SMILES string of the molecule is COc1nn(C)cc1CNC(=O)CC1CCc2ccccc21. The van der Waals surface area contributed by atoms with Crippen molar-refractivity contribution in [2.45, 2.75) is 31.7 Å². The summed E-state index contributed by atoms with van der Waals surface area (Å²) in [5.41, 5.74) is 3.61. The van der Waals surface area contributed by atoms with E-state index in [1.165, 1.54) is 11.1 Å². The molecule has 5 heteroatoms. The molecule has 3 rings (SSSR count). The van der Waals surface area contributed by atoms with Crippen LogP contribution in [0, 0.1) is 0 Å². The van der Waals surface area contributed by atoms with Gasteiger partial charge in [-0.25, -0.2) is 0 Å². The Labute approximate surface area is 130 Å². The lowest BCUT2D eigenvalue weighted by atomic mass is 9.97. The zero-order valence-electron chi connectivity index (χ0n) is 13.0. The molecule has 5 nitrogen and oxygen atoms in total. The van der Waals surface area contributed by atoms with Crippen molar-refractivity contribution in [1.82, 2.24) is 15.1 Å². The highest BCUT2D eigenvalue weighted by Crippen LogP contribution is 2.35. The van der Waals surface area contributed by atoms with Crippen LogP contribution in [0.2, 0.25) is 0 Å². The van der Waals surface area contributed by atoms with Crippen molar-refractivity contribution < 1.29 is 9.53 Å². The van der Waals surface area contributed by atoms with Crippen LogP contribution in [0.3, 0.4) is 0 Å². The van der Waals surface area contributed by atoms with E-state index in [1.54, 1.807) is 11.8 Å². The zero-order chi connectivity index (χ0) is 15.5. The smallest absolute Gasteiger partial charge is 0.237 e. The third kappa shape index (κ3) is 2.98. The Kier molecular flexibility index (Phi) is 4.13. The molecule has 0 saturated carbocycles. The third-order valence-electron chi connectivity index (χ3n) is 4.22. The van der Waals surface area contributed by atoms with E-state index in [1.807, 2.05) is 13.2 Å². The maximum atomic E-state index is 12.2. The summed E-state index contributed by atoms with van der Waals surface area (Å²) in [6, 6.07) is 8.42. The van der Waals surface area contributed by atoms with Gasteiger partial charge in [-0.2, -0.15) is 0 Å². The molecule has 0 fully saturated rings. The second-order valence-corrected chi connectivity index (χ2v) is 5.75. The maximum absolute atomic E-state index is 12.2.